The monoisotopic (exact) mass is 429 g/mol. The third-order valence-corrected chi connectivity index (χ3v) is 7.31. The Hall–Kier alpha value is -1.56. The SMILES string of the molecule is CCCCOc1ccc2c(OCCCC)ccc([S+]3CCCC3)c2c1.FC(F)F. The minimum Gasteiger partial charge on any atom is -0.494 e. The van der Waals surface area contributed by atoms with Gasteiger partial charge >= 0.3 is 6.68 Å². The van der Waals surface area contributed by atoms with Crippen LogP contribution < -0.4 is 9.47 Å². The van der Waals surface area contributed by atoms with Crippen LogP contribution in [0.2, 0.25) is 0 Å². The molecule has 0 atom stereocenters. The molecule has 0 saturated carbocycles. The van der Waals surface area contributed by atoms with Crippen molar-refractivity contribution in [3.8, 4) is 11.5 Å². The highest BCUT2D eigenvalue weighted by molar-refractivity contribution is 7.97. The average Bonchev–Trinajstić information content (AvgIpc) is 3.22. The Kier molecular flexibility index (Phi) is 10.5. The van der Waals surface area contributed by atoms with Crippen LogP contribution in [0, 0.1) is 0 Å². The highest BCUT2D eigenvalue weighted by atomic mass is 32.2. The molecule has 2 nitrogen and oxygen atoms in total. The fourth-order valence-corrected chi connectivity index (χ4v) is 5.77. The van der Waals surface area contributed by atoms with Crippen LogP contribution in [-0.2, 0) is 10.9 Å². The Balaban J connectivity index is 0.000000687. The Morgan fingerprint density at radius 2 is 1.48 bits per heavy atom. The number of hydrogen-bond donors (Lipinski definition) is 0. The first kappa shape index (κ1) is 23.7. The van der Waals surface area contributed by atoms with Crippen LogP contribution in [0.5, 0.6) is 11.5 Å². The van der Waals surface area contributed by atoms with Crippen molar-refractivity contribution in [2.45, 2.75) is 63.9 Å². The molecule has 29 heavy (non-hydrogen) atoms. The maximum Gasteiger partial charge on any atom is 0.379 e. The molecule has 0 aromatic heterocycles. The minimum absolute atomic E-state index is 0.392. The Morgan fingerprint density at radius 3 is 2.10 bits per heavy atom. The fraction of sp³-hybridized carbons (Fsp3) is 0.565. The first-order chi connectivity index (χ1) is 14.1. The third kappa shape index (κ3) is 7.65. The summed E-state index contributed by atoms with van der Waals surface area (Å²) < 4.78 is 41.1. The largest absolute Gasteiger partial charge is 0.494 e. The molecule has 6 heteroatoms. The summed E-state index contributed by atoms with van der Waals surface area (Å²) in [5.74, 6) is 4.70. The van der Waals surface area contributed by atoms with Gasteiger partial charge in [-0.05, 0) is 56.0 Å². The molecule has 0 bridgehead atoms. The van der Waals surface area contributed by atoms with E-state index in [2.05, 4.69) is 44.2 Å². The number of alkyl halides is 3. The van der Waals surface area contributed by atoms with Gasteiger partial charge in [0.25, 0.3) is 0 Å². The van der Waals surface area contributed by atoms with Crippen LogP contribution in [0.3, 0.4) is 0 Å². The van der Waals surface area contributed by atoms with Crippen molar-refractivity contribution in [1.82, 2.24) is 0 Å². The molecule has 1 heterocycles. The smallest absolute Gasteiger partial charge is 0.379 e. The van der Waals surface area contributed by atoms with E-state index in [0.717, 1.165) is 50.4 Å². The van der Waals surface area contributed by atoms with Gasteiger partial charge in [0.1, 0.15) is 23.0 Å². The molecule has 2 aromatic rings. The van der Waals surface area contributed by atoms with Gasteiger partial charge in [0.05, 0.1) is 13.2 Å². The predicted molar refractivity (Wildman–Crippen MR) is 116 cm³/mol. The van der Waals surface area contributed by atoms with E-state index in [-0.39, 0.29) is 0 Å². The maximum absolute atomic E-state index is 9.67. The number of benzene rings is 2. The molecule has 0 radical (unpaired) electrons. The summed E-state index contributed by atoms with van der Waals surface area (Å²) >= 11 is 0. The van der Waals surface area contributed by atoms with E-state index in [9.17, 15) is 13.2 Å². The molecule has 0 amide bonds. The highest BCUT2D eigenvalue weighted by Crippen LogP contribution is 2.36. The maximum atomic E-state index is 9.67. The first-order valence-corrected chi connectivity index (χ1v) is 12.0. The molecule has 162 valence electrons. The minimum atomic E-state index is -3.67. The van der Waals surface area contributed by atoms with Crippen molar-refractivity contribution in [3.05, 3.63) is 30.3 Å². The average molecular weight is 430 g/mol. The molecule has 1 aliphatic heterocycles. The zero-order valence-electron chi connectivity index (χ0n) is 17.4. The van der Waals surface area contributed by atoms with E-state index in [1.165, 1.54) is 40.0 Å². The summed E-state index contributed by atoms with van der Waals surface area (Å²) in [4.78, 5) is 1.51. The Morgan fingerprint density at radius 1 is 0.862 bits per heavy atom. The standard InChI is InChI=1S/C22H31O2S.CHF3/c1-3-5-13-23-18-9-10-19-20(17-18)22(25-15-7-8-16-25)12-11-21(19)24-14-6-4-2;2-1(3)4/h9-12,17H,3-8,13-16H2,1-2H3;1H/q+1;. The van der Waals surface area contributed by atoms with Crippen LogP contribution in [0.1, 0.15) is 52.4 Å². The molecular formula is C23H32F3O2S+. The van der Waals surface area contributed by atoms with E-state index >= 15 is 0 Å². The van der Waals surface area contributed by atoms with E-state index in [1.807, 2.05) is 0 Å². The molecule has 2 aromatic carbocycles. The number of ether oxygens (including phenoxy) is 2. The second kappa shape index (κ2) is 12.9. The summed E-state index contributed by atoms with van der Waals surface area (Å²) in [6, 6.07) is 11.1. The first-order valence-electron chi connectivity index (χ1n) is 10.5. The van der Waals surface area contributed by atoms with Gasteiger partial charge < -0.3 is 9.47 Å². The number of rotatable bonds is 9. The predicted octanol–water partition coefficient (Wildman–Crippen LogP) is 7.15. The fourth-order valence-electron chi connectivity index (χ4n) is 3.28. The van der Waals surface area contributed by atoms with Crippen molar-refractivity contribution < 1.29 is 22.6 Å². The summed E-state index contributed by atoms with van der Waals surface area (Å²) in [6.45, 7) is 2.33. The van der Waals surface area contributed by atoms with Crippen LogP contribution >= 0.6 is 0 Å². The lowest BCUT2D eigenvalue weighted by molar-refractivity contribution is 0.00819. The van der Waals surface area contributed by atoms with Crippen molar-refractivity contribution in [2.24, 2.45) is 0 Å². The van der Waals surface area contributed by atoms with Crippen molar-refractivity contribution >= 4 is 21.7 Å². The molecule has 0 N–H and O–H groups in total. The van der Waals surface area contributed by atoms with Crippen LogP contribution in [0.15, 0.2) is 35.2 Å². The highest BCUT2D eigenvalue weighted by Gasteiger charge is 2.29. The van der Waals surface area contributed by atoms with Gasteiger partial charge in [-0.15, -0.1) is 0 Å². The van der Waals surface area contributed by atoms with E-state index in [1.54, 1.807) is 0 Å². The van der Waals surface area contributed by atoms with Gasteiger partial charge in [0, 0.05) is 21.7 Å². The van der Waals surface area contributed by atoms with Crippen molar-refractivity contribution in [1.29, 1.82) is 0 Å². The van der Waals surface area contributed by atoms with Gasteiger partial charge in [-0.3, -0.25) is 0 Å². The Bertz CT molecular complexity index is 731. The lowest BCUT2D eigenvalue weighted by atomic mass is 10.1. The molecular weight excluding hydrogens is 397 g/mol. The Labute approximate surface area is 175 Å². The lowest BCUT2D eigenvalue weighted by Crippen LogP contribution is -2.06. The van der Waals surface area contributed by atoms with Gasteiger partial charge in [0.2, 0.25) is 0 Å². The summed E-state index contributed by atoms with van der Waals surface area (Å²) in [5.41, 5.74) is 0. The molecule has 0 spiro atoms. The van der Waals surface area contributed by atoms with Gasteiger partial charge in [-0.2, -0.15) is 13.2 Å². The van der Waals surface area contributed by atoms with E-state index in [4.69, 9.17) is 9.47 Å². The van der Waals surface area contributed by atoms with Crippen molar-refractivity contribution in [2.75, 3.05) is 24.7 Å². The molecule has 0 aliphatic carbocycles. The summed E-state index contributed by atoms with van der Waals surface area (Å²) in [6.07, 6.45) is 7.27. The normalized spacial score (nSPS) is 14.1. The number of fused-ring (bicyclic) bond motifs is 1. The summed E-state index contributed by atoms with van der Waals surface area (Å²) in [5, 5.41) is 2.59. The van der Waals surface area contributed by atoms with Crippen LogP contribution in [0.25, 0.3) is 10.8 Å². The zero-order chi connectivity index (χ0) is 21.1. The second-order valence-electron chi connectivity index (χ2n) is 7.03. The van der Waals surface area contributed by atoms with E-state index in [0.29, 0.717) is 10.9 Å². The van der Waals surface area contributed by atoms with Crippen LogP contribution in [-0.4, -0.2) is 31.4 Å². The number of unbranched alkanes of at least 4 members (excludes halogenated alkanes) is 2. The zero-order valence-corrected chi connectivity index (χ0v) is 18.2. The van der Waals surface area contributed by atoms with Gasteiger partial charge in [-0.1, -0.05) is 26.7 Å². The third-order valence-electron chi connectivity index (χ3n) is 4.77. The molecule has 1 fully saturated rings. The second-order valence-corrected chi connectivity index (χ2v) is 9.27. The number of hydrogen-bond acceptors (Lipinski definition) is 2. The van der Waals surface area contributed by atoms with Crippen molar-refractivity contribution in [3.63, 3.8) is 0 Å². The van der Waals surface area contributed by atoms with Gasteiger partial charge in [0.15, 0.2) is 4.90 Å². The topological polar surface area (TPSA) is 18.5 Å². The molecule has 1 saturated heterocycles. The van der Waals surface area contributed by atoms with Crippen LogP contribution in [0.4, 0.5) is 13.2 Å². The van der Waals surface area contributed by atoms with Gasteiger partial charge in [-0.25, -0.2) is 0 Å². The summed E-state index contributed by atoms with van der Waals surface area (Å²) in [7, 11) is 0.392. The number of halogens is 3. The molecule has 3 rings (SSSR count). The molecule has 0 unspecified atom stereocenters. The van der Waals surface area contributed by atoms with E-state index < -0.39 is 6.68 Å². The molecule has 1 aliphatic rings. The quantitative estimate of drug-likeness (QED) is 0.311. The lowest BCUT2D eigenvalue weighted by Gasteiger charge is -2.13.